The second kappa shape index (κ2) is 51.2. The number of H-pyrrole nitrogens is 1. The van der Waals surface area contributed by atoms with Crippen LogP contribution in [0.4, 0.5) is 90.8 Å². The number of hydrogen-bond acceptors (Lipinski definition) is 35. The third-order valence-electron chi connectivity index (χ3n) is 24.0. The van der Waals surface area contributed by atoms with Gasteiger partial charge in [-0.1, -0.05) is 36.4 Å². The van der Waals surface area contributed by atoms with E-state index in [0.29, 0.717) is 80.2 Å². The Morgan fingerprint density at radius 1 is 0.327 bits per heavy atom. The van der Waals surface area contributed by atoms with Crippen LogP contribution in [-0.4, -0.2) is 244 Å². The van der Waals surface area contributed by atoms with Crippen LogP contribution in [-0.2, 0) is 6.42 Å². The summed E-state index contributed by atoms with van der Waals surface area (Å²) in [6, 6.07) is 53.4. The van der Waals surface area contributed by atoms with E-state index >= 15 is 0 Å². The van der Waals surface area contributed by atoms with Gasteiger partial charge < -0.3 is 130 Å². The van der Waals surface area contributed by atoms with Crippen molar-refractivity contribution in [3.63, 3.8) is 0 Å². The molecule has 12 aromatic heterocycles. The summed E-state index contributed by atoms with van der Waals surface area (Å²) in [5, 5.41) is 41.8. The molecule has 44 nitrogen and oxygen atoms in total. The number of urea groups is 1. The minimum Gasteiger partial charge on any atom is -0.497 e. The smallest absolute Gasteiger partial charge is 0.326 e. The van der Waals surface area contributed by atoms with Crippen LogP contribution in [0, 0.1) is 0 Å². The quantitative estimate of drug-likeness (QED) is 0.0203. The summed E-state index contributed by atoms with van der Waals surface area (Å²) in [6.45, 7) is 17.5. The van der Waals surface area contributed by atoms with Gasteiger partial charge in [0, 0.05) is 216 Å². The zero-order valence-electron chi connectivity index (χ0n) is 82.1. The first-order valence-corrected chi connectivity index (χ1v) is 48.3. The average Bonchev–Trinajstić information content (AvgIpc) is 1.66. The molecule has 17 heterocycles. The molecular weight excluding hydrogens is 1920 g/mol. The number of nitrogens with zero attached hydrogens (tertiary/aromatic N) is 13. The van der Waals surface area contributed by atoms with E-state index in [2.05, 4.69) is 144 Å². The van der Waals surface area contributed by atoms with Gasteiger partial charge in [0.15, 0.2) is 57.8 Å². The largest absolute Gasteiger partial charge is 0.497 e. The number of amides is 8. The van der Waals surface area contributed by atoms with E-state index in [1.54, 1.807) is 174 Å². The van der Waals surface area contributed by atoms with E-state index in [4.69, 9.17) is 36.3 Å². The highest BCUT2D eigenvalue weighted by Gasteiger charge is 2.28. The lowest BCUT2D eigenvalue weighted by molar-refractivity contribution is 0.0948. The number of fused-ring (bicyclic) bond motifs is 1. The number of piperazine rings is 5. The average molecular weight is 2030 g/mol. The maximum absolute atomic E-state index is 12.8. The molecule has 4 aromatic carbocycles. The van der Waals surface area contributed by atoms with Gasteiger partial charge in [-0.25, -0.2) is 14.8 Å². The number of aromatic nitrogens is 9. The van der Waals surface area contributed by atoms with Gasteiger partial charge in [0.2, 0.25) is 17.6 Å². The number of hydrogen-bond donors (Lipinski definition) is 15. The summed E-state index contributed by atoms with van der Waals surface area (Å²) >= 11 is 0. The third kappa shape index (κ3) is 27.9. The van der Waals surface area contributed by atoms with Crippen molar-refractivity contribution in [2.45, 2.75) is 6.42 Å². The number of methoxy groups -OCH3 is 3. The number of carbonyl (C=O) groups excluding carboxylic acids is 8. The number of carbonyl (C=O) groups is 8. The van der Waals surface area contributed by atoms with Crippen LogP contribution in [0.5, 0.6) is 17.2 Å². The van der Waals surface area contributed by atoms with Gasteiger partial charge in [-0.05, 0) is 133 Å². The topological polar surface area (TPSA) is 533 Å². The molecule has 5 aliphatic rings. The fraction of sp³-hybridized carbons (Fsp3) is 0.226. The van der Waals surface area contributed by atoms with Crippen LogP contribution in [0.2, 0.25) is 0 Å². The molecule has 0 bridgehead atoms. The van der Waals surface area contributed by atoms with Crippen molar-refractivity contribution in [1.82, 2.24) is 71.4 Å². The molecule has 15 N–H and O–H groups in total. The minimum atomic E-state index is -0.507. The van der Waals surface area contributed by atoms with Crippen LogP contribution in [0.15, 0.2) is 291 Å². The first-order valence-electron chi connectivity index (χ1n) is 48.3. The Bertz CT molecular complexity index is 7250. The fourth-order valence-electron chi connectivity index (χ4n) is 16.6. The van der Waals surface area contributed by atoms with Gasteiger partial charge in [-0.3, -0.25) is 74.1 Å². The van der Waals surface area contributed by atoms with Gasteiger partial charge in [0.1, 0.15) is 17.2 Å². The highest BCUT2D eigenvalue weighted by atomic mass is 16.5. The Morgan fingerprint density at radius 2 is 0.707 bits per heavy atom. The highest BCUT2D eigenvalue weighted by Crippen LogP contribution is 2.35. The summed E-state index contributed by atoms with van der Waals surface area (Å²) < 4.78 is 43.4. The molecule has 0 saturated carbocycles. The fourth-order valence-corrected chi connectivity index (χ4v) is 16.6. The molecule has 5 fully saturated rings. The zero-order chi connectivity index (χ0) is 104. The monoisotopic (exact) mass is 2030 g/mol. The highest BCUT2D eigenvalue weighted by molar-refractivity contribution is 6.09. The maximum atomic E-state index is 12.8. The second-order valence-electron chi connectivity index (χ2n) is 34.0. The predicted octanol–water partition coefficient (Wildman–Crippen LogP) is 13.1. The number of nitrogens with one attached hydrogen (secondary N) is 15. The summed E-state index contributed by atoms with van der Waals surface area (Å²) in [4.78, 5) is 148. The number of rotatable bonds is 28. The molecule has 150 heavy (non-hydrogen) atoms. The first-order chi connectivity index (χ1) is 73.5. The number of aromatic amines is 1. The van der Waals surface area contributed by atoms with Crippen LogP contribution in [0.1, 0.15) is 79.3 Å². The summed E-state index contributed by atoms with van der Waals surface area (Å²) in [6.07, 6.45) is 21.6. The lowest BCUT2D eigenvalue weighted by Crippen LogP contribution is -2.43. The third-order valence-corrected chi connectivity index (χ3v) is 24.0. The zero-order valence-corrected chi connectivity index (χ0v) is 82.1. The number of pyridine rings is 5. The van der Waals surface area contributed by atoms with Crippen molar-refractivity contribution in [3.8, 4) is 28.8 Å². The maximum Gasteiger partial charge on any atom is 0.326 e. The predicted molar refractivity (Wildman–Crippen MR) is 568 cm³/mol. The first kappa shape index (κ1) is 103. The van der Waals surface area contributed by atoms with Crippen molar-refractivity contribution >= 4 is 144 Å². The number of Topliss-reactive ketones (excluding diaryl/α,β-unsaturated/α-hetero) is 1. The van der Waals surface area contributed by atoms with Gasteiger partial charge >= 0.3 is 6.03 Å². The molecule has 0 aliphatic carbocycles. The second-order valence-corrected chi connectivity index (χ2v) is 34.0. The summed E-state index contributed by atoms with van der Waals surface area (Å²) in [7, 11) is 4.66. The number of para-hydroxylation sites is 2. The molecule has 0 unspecified atom stereocenters. The number of ether oxygens (including phenoxy) is 3. The Kier molecular flexibility index (Phi) is 35.1. The molecule has 8 amide bonds. The lowest BCUT2D eigenvalue weighted by Gasteiger charge is -2.30. The normalized spacial score (nSPS) is 13.7. The molecule has 770 valence electrons. The Labute approximate surface area is 860 Å². The van der Waals surface area contributed by atoms with Crippen molar-refractivity contribution in [1.29, 1.82) is 0 Å². The number of benzene rings is 4. The van der Waals surface area contributed by atoms with Crippen LogP contribution in [0.3, 0.4) is 0 Å². The van der Waals surface area contributed by atoms with Gasteiger partial charge in [0.05, 0.1) is 126 Å². The van der Waals surface area contributed by atoms with E-state index in [9.17, 15) is 38.4 Å². The number of ketones is 1. The molecule has 0 radical (unpaired) electrons. The molecule has 16 aromatic rings. The van der Waals surface area contributed by atoms with E-state index in [0.717, 1.165) is 176 Å². The standard InChI is InChI=1S/C23H24N4O4.C22H24N6O4.C22H23N5O4.C21H20N6O2.C18H19N7O2/c1-30-17-4-2-3-16(13-17)14-20(28)21-5-6-22(31-21)23(29)26-18-15-25-8-7-19(18)27-11-9-24-10-12-27;1-31-16-4-2-3-15(13-16)25-22(30)27-20-6-5-19(32-20)21(29)26-17-14-24-8-7-18(17)28-11-9-23-10-12-28;1-30-16-4-2-3-15(13-16)21(28)26-20-6-5-19(31-20)22(29)25-17-14-24-8-7-18(17)27-11-9-23-10-12-27;28-21(26-16-13-23-8-7-17(16)27-11-9-22-10-12-27)19-6-5-18(29-19)20-24-14-3-1-2-4-15(14)25-20;26-18(15-1-2-17(27-15)24-16-12-21-5-6-22-16)23-13-11-20-4-3-14(13)25-9-7-19-8-10-25/h2-8,13,15,24H,9-12,14H2,1H3,(H,26,29);2-8,13-14,23H,9-12H2,1H3,(H,26,29)(H2,25,27,30);2-8,13-14,23H,9-12H2,1H3,(H,25,29)(H,26,28);1-8,13,22H,9-12H2,(H,24,25)(H,26,28);1-6,11-12,19H,7-10H2,(H,22,24)(H,23,26). The van der Waals surface area contributed by atoms with E-state index < -0.39 is 23.8 Å². The van der Waals surface area contributed by atoms with Crippen LogP contribution >= 0.6 is 0 Å². The molecule has 0 atom stereocenters. The molecule has 44 heteroatoms. The minimum absolute atomic E-state index is 0.0665. The molecule has 5 saturated heterocycles. The Hall–Kier alpha value is -18.7. The van der Waals surface area contributed by atoms with Crippen molar-refractivity contribution in [3.05, 3.63) is 314 Å². The molecular formula is C106H110N28O16. The Balaban J connectivity index is 0.000000128. The lowest BCUT2D eigenvalue weighted by atomic mass is 10.1. The summed E-state index contributed by atoms with van der Waals surface area (Å²) in [5.74, 6) is 2.48. The number of imidazole rings is 1. The SMILES string of the molecule is COc1cccc(C(=O)Nc2ccc(C(=O)Nc3cnccc3N3CCNCC3)o2)c1.COc1cccc(CC(=O)c2ccc(C(=O)Nc3cnccc3N3CCNCC3)o2)c1.COc1cccc(NC(=O)Nc2ccc(C(=O)Nc3cnccc3N3CCNCC3)o2)c1.O=C(Nc1cnccc1N1CCNCC1)c1ccc(-c2nc3ccccc3[nH]2)o1.O=C(Nc1cnccc1N1CCNCC1)c1ccc(Nc2cnccn2)o1. The van der Waals surface area contributed by atoms with Crippen molar-refractivity contribution in [2.75, 3.05) is 225 Å². The Morgan fingerprint density at radius 3 is 1.15 bits per heavy atom. The molecule has 0 spiro atoms. The molecule has 5 aliphatic heterocycles. The van der Waals surface area contributed by atoms with Gasteiger partial charge in [-0.2, -0.15) is 0 Å². The molecule has 21 rings (SSSR count). The van der Waals surface area contributed by atoms with E-state index in [1.807, 2.05) is 72.8 Å². The van der Waals surface area contributed by atoms with Crippen molar-refractivity contribution in [2.24, 2.45) is 0 Å². The van der Waals surface area contributed by atoms with Crippen LogP contribution < -0.4 is 113 Å². The van der Waals surface area contributed by atoms with E-state index in [-0.39, 0.29) is 76.3 Å². The number of furan rings is 5. The summed E-state index contributed by atoms with van der Waals surface area (Å²) in [5.41, 5.74) is 11.3. The van der Waals surface area contributed by atoms with Gasteiger partial charge in [0.25, 0.3) is 35.4 Å². The van der Waals surface area contributed by atoms with Crippen LogP contribution in [0.25, 0.3) is 22.6 Å². The van der Waals surface area contributed by atoms with Gasteiger partial charge in [-0.15, -0.1) is 0 Å². The van der Waals surface area contributed by atoms with Crippen molar-refractivity contribution < 1.29 is 74.7 Å². The van der Waals surface area contributed by atoms with E-state index in [1.165, 1.54) is 43.5 Å². The number of anilines is 15.